The van der Waals surface area contributed by atoms with Gasteiger partial charge < -0.3 is 25.3 Å². The number of nitrogens with one attached hydrogen (secondary N) is 1. The number of rotatable bonds is 7. The van der Waals surface area contributed by atoms with Gasteiger partial charge in [-0.2, -0.15) is 0 Å². The van der Waals surface area contributed by atoms with Crippen LogP contribution < -0.4 is 15.8 Å². The highest BCUT2D eigenvalue weighted by Crippen LogP contribution is 2.32. The summed E-state index contributed by atoms with van der Waals surface area (Å²) in [6, 6.07) is 6.43. The minimum atomic E-state index is -0.832. The Morgan fingerprint density at radius 2 is 2.07 bits per heavy atom. The first-order valence-electron chi connectivity index (χ1n) is 8.94. The van der Waals surface area contributed by atoms with Crippen molar-refractivity contribution >= 4 is 33.2 Å². The van der Waals surface area contributed by atoms with E-state index in [2.05, 4.69) is 21.2 Å². The number of halogens is 3. The zero-order valence-corrected chi connectivity index (χ0v) is 17.5. The van der Waals surface area contributed by atoms with Crippen molar-refractivity contribution in [2.45, 2.75) is 32.2 Å². The maximum Gasteiger partial charge on any atom is 0.254 e. The normalized spacial score (nSPS) is 17.9. The number of carbonyl (C=O) groups is 1. The number of hydrogen-bond acceptors (Lipinski definition) is 5. The Kier molecular flexibility index (Phi) is 6.40. The van der Waals surface area contributed by atoms with Crippen molar-refractivity contribution in [2.24, 2.45) is 5.73 Å². The summed E-state index contributed by atoms with van der Waals surface area (Å²) in [6.07, 6.45) is 0.299. The molecule has 1 unspecified atom stereocenters. The van der Waals surface area contributed by atoms with Crippen LogP contribution in [-0.4, -0.2) is 31.0 Å². The first-order chi connectivity index (χ1) is 13.6. The lowest BCUT2D eigenvalue weighted by Gasteiger charge is -2.18. The van der Waals surface area contributed by atoms with Gasteiger partial charge in [-0.3, -0.25) is 4.79 Å². The fraction of sp³-hybridized carbons (Fsp3) is 0.350. The molecular weight excluding hydrogens is 450 g/mol. The van der Waals surface area contributed by atoms with Gasteiger partial charge in [-0.15, -0.1) is 0 Å². The van der Waals surface area contributed by atoms with Crippen LogP contribution in [0.3, 0.4) is 0 Å². The van der Waals surface area contributed by atoms with Crippen molar-refractivity contribution < 1.29 is 27.8 Å². The molecule has 0 saturated carbocycles. The molecule has 3 rings (SSSR count). The highest BCUT2D eigenvalue weighted by Gasteiger charge is 2.32. The van der Waals surface area contributed by atoms with E-state index in [-0.39, 0.29) is 35.4 Å². The Balaban J connectivity index is 1.79. The molecular formula is C20H21BrF2N2O4. The number of carbonyl (C=O) groups excluding carboxylic acids is 1. The molecule has 1 saturated heterocycles. The summed E-state index contributed by atoms with van der Waals surface area (Å²) in [6.45, 7) is 4.19. The maximum absolute atomic E-state index is 14.2. The molecule has 1 amide bonds. The SMILES string of the molecule is CC1(C)OCC(CCOc2cc(F)cc(Nc3ccc(Br)cc3F)c2C(N)=O)O1. The minimum Gasteiger partial charge on any atom is -0.492 e. The van der Waals surface area contributed by atoms with Crippen LogP contribution in [0.5, 0.6) is 5.75 Å². The second kappa shape index (κ2) is 8.64. The van der Waals surface area contributed by atoms with Crippen molar-refractivity contribution in [1.29, 1.82) is 0 Å². The highest BCUT2D eigenvalue weighted by molar-refractivity contribution is 9.10. The van der Waals surface area contributed by atoms with Crippen LogP contribution >= 0.6 is 15.9 Å². The first-order valence-corrected chi connectivity index (χ1v) is 9.74. The number of ether oxygens (including phenoxy) is 3. The van der Waals surface area contributed by atoms with Gasteiger partial charge >= 0.3 is 0 Å². The van der Waals surface area contributed by atoms with E-state index in [1.165, 1.54) is 12.1 Å². The van der Waals surface area contributed by atoms with Crippen LogP contribution in [0.1, 0.15) is 30.6 Å². The van der Waals surface area contributed by atoms with Crippen molar-refractivity contribution in [3.05, 3.63) is 52.0 Å². The van der Waals surface area contributed by atoms with Gasteiger partial charge in [0.05, 0.1) is 30.7 Å². The van der Waals surface area contributed by atoms with Crippen LogP contribution in [0.15, 0.2) is 34.8 Å². The van der Waals surface area contributed by atoms with Crippen LogP contribution in [0.25, 0.3) is 0 Å². The van der Waals surface area contributed by atoms with E-state index in [0.29, 0.717) is 17.5 Å². The summed E-state index contributed by atoms with van der Waals surface area (Å²) in [7, 11) is 0. The van der Waals surface area contributed by atoms with Crippen molar-refractivity contribution in [3.8, 4) is 5.75 Å². The summed E-state index contributed by atoms with van der Waals surface area (Å²) < 4.78 is 45.6. The highest BCUT2D eigenvalue weighted by atomic mass is 79.9. The predicted octanol–water partition coefficient (Wildman–Crippen LogP) is 4.49. The van der Waals surface area contributed by atoms with E-state index >= 15 is 0 Å². The van der Waals surface area contributed by atoms with Crippen molar-refractivity contribution in [3.63, 3.8) is 0 Å². The van der Waals surface area contributed by atoms with Crippen LogP contribution in [-0.2, 0) is 9.47 Å². The third kappa shape index (κ3) is 5.43. The number of anilines is 2. The van der Waals surface area contributed by atoms with E-state index in [1.54, 1.807) is 6.07 Å². The minimum absolute atomic E-state index is 0.00954. The van der Waals surface area contributed by atoms with E-state index in [0.717, 1.165) is 12.1 Å². The quantitative estimate of drug-likeness (QED) is 0.622. The summed E-state index contributed by atoms with van der Waals surface area (Å²) in [5.41, 5.74) is 5.48. The first kappa shape index (κ1) is 21.5. The third-order valence-corrected chi connectivity index (χ3v) is 4.77. The van der Waals surface area contributed by atoms with Crippen LogP contribution in [0.4, 0.5) is 20.2 Å². The molecule has 2 aromatic rings. The molecule has 0 radical (unpaired) electrons. The average Bonchev–Trinajstić information content (AvgIpc) is 2.95. The monoisotopic (exact) mass is 470 g/mol. The van der Waals surface area contributed by atoms with Crippen molar-refractivity contribution in [2.75, 3.05) is 18.5 Å². The number of hydrogen-bond donors (Lipinski definition) is 2. The Morgan fingerprint density at radius 1 is 1.31 bits per heavy atom. The molecule has 156 valence electrons. The second-order valence-corrected chi connectivity index (χ2v) is 7.94. The Bertz CT molecular complexity index is 924. The van der Waals surface area contributed by atoms with E-state index in [4.69, 9.17) is 19.9 Å². The molecule has 2 aromatic carbocycles. The second-order valence-electron chi connectivity index (χ2n) is 7.03. The van der Waals surface area contributed by atoms with E-state index in [1.807, 2.05) is 13.8 Å². The third-order valence-electron chi connectivity index (χ3n) is 4.28. The maximum atomic E-state index is 14.2. The molecule has 3 N–H and O–H groups in total. The van der Waals surface area contributed by atoms with Gasteiger partial charge in [0.25, 0.3) is 5.91 Å². The van der Waals surface area contributed by atoms with E-state index in [9.17, 15) is 13.6 Å². The van der Waals surface area contributed by atoms with Gasteiger partial charge in [-0.25, -0.2) is 8.78 Å². The van der Waals surface area contributed by atoms with Gasteiger partial charge in [-0.1, -0.05) is 15.9 Å². The summed E-state index contributed by atoms with van der Waals surface area (Å²) in [5, 5.41) is 2.71. The molecule has 1 atom stereocenters. The van der Waals surface area contributed by atoms with Crippen LogP contribution in [0, 0.1) is 11.6 Å². The number of primary amides is 1. The van der Waals surface area contributed by atoms with Gasteiger partial charge in [0.1, 0.15) is 22.9 Å². The molecule has 0 spiro atoms. The predicted molar refractivity (Wildman–Crippen MR) is 107 cm³/mol. The zero-order valence-electron chi connectivity index (χ0n) is 15.9. The van der Waals surface area contributed by atoms with Crippen molar-refractivity contribution in [1.82, 2.24) is 0 Å². The molecule has 0 aliphatic carbocycles. The fourth-order valence-corrected chi connectivity index (χ4v) is 3.32. The summed E-state index contributed by atoms with van der Waals surface area (Å²) in [4.78, 5) is 12.0. The zero-order chi connectivity index (χ0) is 21.2. The Labute approximate surface area is 175 Å². The molecule has 29 heavy (non-hydrogen) atoms. The molecule has 0 aromatic heterocycles. The topological polar surface area (TPSA) is 82.8 Å². The number of benzene rings is 2. The smallest absolute Gasteiger partial charge is 0.254 e. The summed E-state index contributed by atoms with van der Waals surface area (Å²) >= 11 is 3.16. The Morgan fingerprint density at radius 3 is 2.69 bits per heavy atom. The lowest BCUT2D eigenvalue weighted by atomic mass is 10.1. The lowest BCUT2D eigenvalue weighted by Crippen LogP contribution is -2.22. The summed E-state index contributed by atoms with van der Waals surface area (Å²) in [5.74, 6) is -2.76. The van der Waals surface area contributed by atoms with E-state index < -0.39 is 23.3 Å². The molecule has 1 aliphatic heterocycles. The molecule has 0 bridgehead atoms. The largest absolute Gasteiger partial charge is 0.492 e. The Hall–Kier alpha value is -2.23. The van der Waals surface area contributed by atoms with Crippen LogP contribution in [0.2, 0.25) is 0 Å². The standard InChI is InChI=1S/C20H21BrF2N2O4/c1-20(2)28-10-13(29-20)5-6-27-17-9-12(22)8-16(18(17)19(24)26)25-15-4-3-11(21)7-14(15)23/h3-4,7-9,13,25H,5-6,10H2,1-2H3,(H2,24,26). The van der Waals surface area contributed by atoms with Gasteiger partial charge in [0, 0.05) is 17.0 Å². The van der Waals surface area contributed by atoms with Gasteiger partial charge in [0.2, 0.25) is 0 Å². The lowest BCUT2D eigenvalue weighted by molar-refractivity contribution is -0.139. The number of nitrogens with two attached hydrogens (primary N) is 1. The molecule has 1 fully saturated rings. The van der Waals surface area contributed by atoms with Gasteiger partial charge in [0.15, 0.2) is 5.79 Å². The molecule has 1 aliphatic rings. The fourth-order valence-electron chi connectivity index (χ4n) is 2.99. The average molecular weight is 471 g/mol. The molecule has 6 nitrogen and oxygen atoms in total. The molecule has 9 heteroatoms. The van der Waals surface area contributed by atoms with Gasteiger partial charge in [-0.05, 0) is 38.1 Å². The number of amides is 1. The molecule has 1 heterocycles.